The predicted octanol–water partition coefficient (Wildman–Crippen LogP) is 7.86. The van der Waals surface area contributed by atoms with Crippen LogP contribution in [-0.4, -0.2) is 41.3 Å². The first-order chi connectivity index (χ1) is 21.7. The minimum Gasteiger partial charge on any atom is -0.406 e. The molecule has 0 aliphatic carbocycles. The normalized spacial score (nSPS) is 12.2. The third-order valence-electron chi connectivity index (χ3n) is 6.48. The van der Waals surface area contributed by atoms with E-state index < -0.39 is 6.36 Å². The molecular formula is C31H23F3N8OS2. The van der Waals surface area contributed by atoms with Crippen LogP contribution in [-0.2, 0) is 0 Å². The number of aliphatic imine (C=N–C) groups is 1. The summed E-state index contributed by atoms with van der Waals surface area (Å²) >= 11 is 2.59. The van der Waals surface area contributed by atoms with E-state index in [1.165, 1.54) is 58.8 Å². The SMILES string of the molecule is Cc1cccc(C)c1N=C(N/N=C/c1ccc(-c2ncn(-c3ccc(OC(F)(F)F)cc3)n2)cc1)Sc1cccc2nsnc12. The monoisotopic (exact) mass is 644 g/mol. The lowest BCUT2D eigenvalue weighted by Gasteiger charge is -2.09. The van der Waals surface area contributed by atoms with E-state index >= 15 is 0 Å². The number of amidine groups is 1. The van der Waals surface area contributed by atoms with Crippen LogP contribution in [0.5, 0.6) is 5.75 Å². The molecule has 0 aliphatic rings. The van der Waals surface area contributed by atoms with E-state index in [2.05, 4.69) is 34.1 Å². The highest BCUT2D eigenvalue weighted by atomic mass is 32.2. The van der Waals surface area contributed by atoms with Gasteiger partial charge in [-0.1, -0.05) is 48.5 Å². The Kier molecular flexibility index (Phi) is 8.58. The van der Waals surface area contributed by atoms with E-state index in [0.29, 0.717) is 16.7 Å². The Morgan fingerprint density at radius 2 is 1.67 bits per heavy atom. The van der Waals surface area contributed by atoms with E-state index in [0.717, 1.165) is 43.9 Å². The van der Waals surface area contributed by atoms with Crippen LogP contribution in [0.25, 0.3) is 28.1 Å². The summed E-state index contributed by atoms with van der Waals surface area (Å²) in [6, 6.07) is 24.7. The summed E-state index contributed by atoms with van der Waals surface area (Å²) in [6.45, 7) is 4.04. The quantitative estimate of drug-likeness (QED) is 0.0817. The third kappa shape index (κ3) is 7.36. The molecule has 0 atom stereocenters. The van der Waals surface area contributed by atoms with Crippen molar-refractivity contribution in [3.05, 3.63) is 108 Å². The number of para-hydroxylation sites is 1. The molecule has 0 amide bonds. The van der Waals surface area contributed by atoms with E-state index in [1.807, 2.05) is 74.5 Å². The molecule has 2 aromatic heterocycles. The zero-order chi connectivity index (χ0) is 31.4. The van der Waals surface area contributed by atoms with Gasteiger partial charge in [0.2, 0.25) is 0 Å². The first kappa shape index (κ1) is 30.0. The average molecular weight is 645 g/mol. The van der Waals surface area contributed by atoms with Gasteiger partial charge >= 0.3 is 6.36 Å². The molecule has 1 N–H and O–H groups in total. The fourth-order valence-corrected chi connectivity index (χ4v) is 5.77. The van der Waals surface area contributed by atoms with Crippen LogP contribution < -0.4 is 10.2 Å². The number of halogens is 3. The Morgan fingerprint density at radius 3 is 2.40 bits per heavy atom. The maximum atomic E-state index is 12.4. The van der Waals surface area contributed by atoms with Crippen molar-refractivity contribution in [2.45, 2.75) is 25.1 Å². The van der Waals surface area contributed by atoms with Crippen molar-refractivity contribution in [2.75, 3.05) is 0 Å². The van der Waals surface area contributed by atoms with Gasteiger partial charge in [-0.3, -0.25) is 5.43 Å². The lowest BCUT2D eigenvalue weighted by molar-refractivity contribution is -0.274. The molecule has 0 radical (unpaired) electrons. The zero-order valence-corrected chi connectivity index (χ0v) is 25.4. The number of thioether (sulfide) groups is 1. The number of aromatic nitrogens is 5. The summed E-state index contributed by atoms with van der Waals surface area (Å²) in [5, 5.41) is 9.49. The van der Waals surface area contributed by atoms with Gasteiger partial charge < -0.3 is 4.74 Å². The number of hydrogen-bond donors (Lipinski definition) is 1. The fraction of sp³-hybridized carbons (Fsp3) is 0.0968. The van der Waals surface area contributed by atoms with Crippen molar-refractivity contribution in [1.82, 2.24) is 28.9 Å². The summed E-state index contributed by atoms with van der Waals surface area (Å²) in [5.74, 6) is 0.145. The topological polar surface area (TPSA) is 102 Å². The van der Waals surface area contributed by atoms with Gasteiger partial charge in [0.15, 0.2) is 11.0 Å². The highest BCUT2D eigenvalue weighted by molar-refractivity contribution is 8.14. The summed E-state index contributed by atoms with van der Waals surface area (Å²) in [6.07, 6.45) is -1.57. The van der Waals surface area contributed by atoms with Crippen molar-refractivity contribution in [2.24, 2.45) is 10.1 Å². The lowest BCUT2D eigenvalue weighted by atomic mass is 10.1. The molecule has 0 saturated carbocycles. The number of benzene rings is 4. The largest absolute Gasteiger partial charge is 0.573 e. The smallest absolute Gasteiger partial charge is 0.406 e. The number of ether oxygens (including phenoxy) is 1. The Morgan fingerprint density at radius 1 is 0.933 bits per heavy atom. The van der Waals surface area contributed by atoms with Crippen molar-refractivity contribution in [3.63, 3.8) is 0 Å². The number of fused-ring (bicyclic) bond motifs is 1. The van der Waals surface area contributed by atoms with Crippen LogP contribution in [0, 0.1) is 13.8 Å². The number of aryl methyl sites for hydroxylation is 2. The number of hydrazone groups is 1. The Hall–Kier alpha value is -5.08. The first-order valence-electron chi connectivity index (χ1n) is 13.4. The number of nitrogens with one attached hydrogen (secondary N) is 1. The molecule has 0 unspecified atom stereocenters. The van der Waals surface area contributed by atoms with Gasteiger partial charge in [0, 0.05) is 10.5 Å². The van der Waals surface area contributed by atoms with Crippen molar-refractivity contribution in [1.29, 1.82) is 0 Å². The number of rotatable bonds is 7. The second-order valence-corrected chi connectivity index (χ2v) is 11.3. The second-order valence-electron chi connectivity index (χ2n) is 9.69. The minimum atomic E-state index is -4.75. The number of hydrogen-bond acceptors (Lipinski definition) is 9. The molecule has 6 aromatic rings. The molecule has 6 rings (SSSR count). The Labute approximate surface area is 263 Å². The number of nitrogens with zero attached hydrogens (tertiary/aromatic N) is 7. The van der Waals surface area contributed by atoms with E-state index in [-0.39, 0.29) is 5.75 Å². The number of alkyl halides is 3. The van der Waals surface area contributed by atoms with Crippen LogP contribution in [0.1, 0.15) is 16.7 Å². The van der Waals surface area contributed by atoms with Gasteiger partial charge in [-0.25, -0.2) is 14.7 Å². The van der Waals surface area contributed by atoms with Crippen LogP contribution in [0.15, 0.2) is 106 Å². The van der Waals surface area contributed by atoms with Gasteiger partial charge in [0.25, 0.3) is 0 Å². The average Bonchev–Trinajstić information content (AvgIpc) is 3.70. The molecule has 2 heterocycles. The lowest BCUT2D eigenvalue weighted by Crippen LogP contribution is -2.17. The summed E-state index contributed by atoms with van der Waals surface area (Å²) in [5.41, 5.74) is 9.82. The minimum absolute atomic E-state index is 0.310. The molecule has 0 aliphatic heterocycles. The van der Waals surface area contributed by atoms with Crippen LogP contribution in [0.2, 0.25) is 0 Å². The Bertz CT molecular complexity index is 1980. The Balaban J connectivity index is 1.17. The highest BCUT2D eigenvalue weighted by Gasteiger charge is 2.31. The fourth-order valence-electron chi connectivity index (χ4n) is 4.32. The maximum absolute atomic E-state index is 12.4. The molecule has 0 fully saturated rings. The van der Waals surface area contributed by atoms with Crippen LogP contribution in [0.4, 0.5) is 18.9 Å². The summed E-state index contributed by atoms with van der Waals surface area (Å²) < 4.78 is 51.5. The molecular weight excluding hydrogens is 622 g/mol. The molecule has 4 aromatic carbocycles. The second kappa shape index (κ2) is 12.9. The molecule has 14 heteroatoms. The molecule has 0 saturated heterocycles. The maximum Gasteiger partial charge on any atom is 0.573 e. The zero-order valence-electron chi connectivity index (χ0n) is 23.7. The standard InChI is InChI=1S/C31H23F3N8OS2/c1-19-5-3-6-20(2)27(19)37-30(44-26-8-4-7-25-28(26)41-45-40-25)38-36-17-21-9-11-22(12-10-21)29-35-18-42(39-29)23-13-15-24(16-14-23)43-31(32,33)34/h3-18H,1-2H3,(H,37,38)/b36-17+. The molecule has 45 heavy (non-hydrogen) atoms. The van der Waals surface area contributed by atoms with E-state index in [4.69, 9.17) is 4.99 Å². The molecule has 0 bridgehead atoms. The van der Waals surface area contributed by atoms with Gasteiger partial charge in [-0.2, -0.15) is 13.8 Å². The summed E-state index contributed by atoms with van der Waals surface area (Å²) in [4.78, 5) is 10.2. The van der Waals surface area contributed by atoms with Crippen molar-refractivity contribution in [3.8, 4) is 22.8 Å². The summed E-state index contributed by atoms with van der Waals surface area (Å²) in [7, 11) is 0. The van der Waals surface area contributed by atoms with E-state index in [1.54, 1.807) is 6.21 Å². The van der Waals surface area contributed by atoms with Crippen LogP contribution >= 0.6 is 23.5 Å². The van der Waals surface area contributed by atoms with Crippen molar-refractivity contribution < 1.29 is 17.9 Å². The first-order valence-corrected chi connectivity index (χ1v) is 15.0. The molecule has 9 nitrogen and oxygen atoms in total. The third-order valence-corrected chi connectivity index (χ3v) is 7.95. The predicted molar refractivity (Wildman–Crippen MR) is 170 cm³/mol. The van der Waals surface area contributed by atoms with Crippen LogP contribution in [0.3, 0.4) is 0 Å². The van der Waals surface area contributed by atoms with Gasteiger partial charge in [0.05, 0.1) is 29.3 Å². The molecule has 0 spiro atoms. The highest BCUT2D eigenvalue weighted by Crippen LogP contribution is 2.30. The van der Waals surface area contributed by atoms with Gasteiger partial charge in [0.1, 0.15) is 23.1 Å². The van der Waals surface area contributed by atoms with E-state index in [9.17, 15) is 13.2 Å². The van der Waals surface area contributed by atoms with Gasteiger partial charge in [-0.05, 0) is 78.7 Å². The van der Waals surface area contributed by atoms with Crippen molar-refractivity contribution >= 4 is 51.6 Å². The molecule has 226 valence electrons. The van der Waals surface area contributed by atoms with Gasteiger partial charge in [-0.15, -0.1) is 18.3 Å².